The quantitative estimate of drug-likeness (QED) is 0.0778. The average molecular weight is 1070 g/mol. The number of carbonyl (C=O) groups is 5. The number of hydrogen-bond acceptors (Lipinski definition) is 12. The van der Waals surface area contributed by atoms with Crippen molar-refractivity contribution in [1.29, 1.82) is 0 Å². The zero-order valence-corrected chi connectivity index (χ0v) is 43.7. The molecule has 0 saturated carbocycles. The fourth-order valence-corrected chi connectivity index (χ4v) is 8.34. The van der Waals surface area contributed by atoms with Crippen LogP contribution in [0.5, 0.6) is 11.5 Å². The Bertz CT molecular complexity index is 2660. The van der Waals surface area contributed by atoms with E-state index in [2.05, 4.69) is 61.5 Å². The maximum Gasteiger partial charge on any atom is 0.338 e. The van der Waals surface area contributed by atoms with Gasteiger partial charge >= 0.3 is 12.0 Å². The minimum Gasteiger partial charge on any atom is -0.494 e. The molecule has 1 amide bonds. The van der Waals surface area contributed by atoms with Gasteiger partial charge in [0.2, 0.25) is 5.91 Å². The third-order valence-corrected chi connectivity index (χ3v) is 12.3. The molecule has 0 bridgehead atoms. The molecule has 0 aliphatic carbocycles. The molecular weight excluding hydrogens is 1010 g/mol. The summed E-state index contributed by atoms with van der Waals surface area (Å²) in [5, 5.41) is 11.9. The molecule has 2 aliphatic heterocycles. The van der Waals surface area contributed by atoms with Crippen molar-refractivity contribution in [1.82, 2.24) is 39.1 Å². The van der Waals surface area contributed by atoms with Gasteiger partial charge in [0, 0.05) is 127 Å². The lowest BCUT2D eigenvalue weighted by Gasteiger charge is -2.34. The molecule has 2 N–H and O–H groups in total. The number of nitrogens with zero attached hydrogens (tertiary/aromatic N) is 7. The van der Waals surface area contributed by atoms with Crippen LogP contribution in [-0.4, -0.2) is 134 Å². The van der Waals surface area contributed by atoms with Crippen molar-refractivity contribution in [2.75, 3.05) is 65.6 Å². The lowest BCUT2D eigenvalue weighted by atomic mass is 10.0. The number of halogens is 4. The van der Waals surface area contributed by atoms with Crippen LogP contribution in [0.2, 0.25) is 10.0 Å². The van der Waals surface area contributed by atoms with Gasteiger partial charge in [0.25, 0.3) is 0 Å². The number of aliphatic carboxylic acids is 1. The molecule has 8 rings (SSSR count). The minimum absolute atomic E-state index is 0.0559. The molecule has 0 radical (unpaired) electrons. The smallest absolute Gasteiger partial charge is 0.338 e. The van der Waals surface area contributed by atoms with Crippen molar-refractivity contribution in [3.05, 3.63) is 166 Å². The van der Waals surface area contributed by atoms with Crippen LogP contribution in [0.1, 0.15) is 84.2 Å². The van der Waals surface area contributed by atoms with Crippen LogP contribution in [0.25, 0.3) is 0 Å². The average Bonchev–Trinajstić information content (AvgIpc) is 4.16. The van der Waals surface area contributed by atoms with Crippen molar-refractivity contribution in [2.45, 2.75) is 65.5 Å². The molecule has 16 nitrogen and oxygen atoms in total. The van der Waals surface area contributed by atoms with E-state index >= 15 is 0 Å². The molecule has 400 valence electrons. The number of hydrogen-bond donors (Lipinski definition) is 2. The summed E-state index contributed by atoms with van der Waals surface area (Å²) < 4.78 is 39.5. The molecule has 4 heterocycles. The van der Waals surface area contributed by atoms with E-state index in [1.54, 1.807) is 24.8 Å². The van der Waals surface area contributed by atoms with Gasteiger partial charge in [0.05, 0.1) is 23.3 Å². The third kappa shape index (κ3) is 20.8. The molecule has 2 aliphatic rings. The SMILES string of the molecule is CCOc1ccc(CN2CCN(C(=O)CCCC(=O)c3ccc(F)cc3Cl)CC2)cc1.CCOc1ccc(CN2CCNCC2)cc1.O=C(O)CCCC(=O)c1ccc(F)cc1Cl.O=C(n1ccnc1)n1ccnc1. The number of amides is 1. The summed E-state index contributed by atoms with van der Waals surface area (Å²) in [5.41, 5.74) is 3.12. The van der Waals surface area contributed by atoms with Crippen LogP contribution >= 0.6 is 23.2 Å². The Labute approximate surface area is 446 Å². The van der Waals surface area contributed by atoms with Crippen molar-refractivity contribution >= 4 is 52.7 Å². The molecule has 2 saturated heterocycles. The van der Waals surface area contributed by atoms with Gasteiger partial charge in [-0.3, -0.25) is 38.1 Å². The van der Waals surface area contributed by atoms with Crippen LogP contribution in [0.15, 0.2) is 122 Å². The summed E-state index contributed by atoms with van der Waals surface area (Å²) in [7, 11) is 0. The Morgan fingerprint density at radius 3 is 1.44 bits per heavy atom. The van der Waals surface area contributed by atoms with Gasteiger partial charge in [-0.05, 0) is 98.5 Å². The van der Waals surface area contributed by atoms with Crippen LogP contribution < -0.4 is 14.8 Å². The fraction of sp³-hybridized carbons (Fsp3) is 0.364. The highest BCUT2D eigenvalue weighted by Crippen LogP contribution is 2.22. The van der Waals surface area contributed by atoms with Crippen molar-refractivity contribution < 1.29 is 47.3 Å². The maximum atomic E-state index is 13.1. The highest BCUT2D eigenvalue weighted by Gasteiger charge is 2.22. The van der Waals surface area contributed by atoms with E-state index in [1.165, 1.54) is 51.1 Å². The molecule has 6 aromatic rings. The van der Waals surface area contributed by atoms with E-state index in [4.69, 9.17) is 37.8 Å². The van der Waals surface area contributed by atoms with Gasteiger partial charge in [-0.1, -0.05) is 47.5 Å². The van der Waals surface area contributed by atoms with Crippen molar-refractivity contribution in [3.8, 4) is 11.5 Å². The maximum absolute atomic E-state index is 13.1. The standard InChI is InChI=1S/C24H28ClFN2O3.C13H20N2O.C11H10ClFO3.C7H6N4O/c1-2-31-20-9-6-18(7-10-20)17-27-12-14-28(15-13-27)24(30)5-3-4-23(29)21-11-8-19(26)16-22(21)25;1-2-16-13-5-3-12(4-6-13)11-15-9-7-14-8-10-15;12-9-6-7(13)4-5-8(9)10(14)2-1-3-11(15)16;12-7(10-3-1-8-5-10)11-4-2-9-6-11/h6-11,16H,2-5,12-15,17H2,1H3;3-6,14H,2,7-11H2,1H3;4-6H,1-3H2,(H,15,16);1-6H. The lowest BCUT2D eigenvalue weighted by Crippen LogP contribution is -2.48. The number of carboxylic acids is 1. The molecule has 2 fully saturated rings. The number of aromatic nitrogens is 4. The first-order chi connectivity index (χ1) is 36.2. The van der Waals surface area contributed by atoms with Gasteiger partial charge in [0.1, 0.15) is 35.8 Å². The van der Waals surface area contributed by atoms with Gasteiger partial charge in [-0.2, -0.15) is 0 Å². The number of carbonyl (C=O) groups excluding carboxylic acids is 4. The van der Waals surface area contributed by atoms with Gasteiger partial charge in [0.15, 0.2) is 11.6 Å². The number of carboxylic acid groups (broad SMARTS) is 1. The van der Waals surface area contributed by atoms with Crippen LogP contribution in [-0.2, 0) is 22.7 Å². The number of nitrogens with one attached hydrogen (secondary N) is 1. The third-order valence-electron chi connectivity index (χ3n) is 11.7. The molecule has 0 unspecified atom stereocenters. The van der Waals surface area contributed by atoms with E-state index in [-0.39, 0.29) is 64.8 Å². The summed E-state index contributed by atoms with van der Waals surface area (Å²) in [4.78, 5) is 72.2. The topological polar surface area (TPSA) is 181 Å². The number of rotatable bonds is 18. The Balaban J connectivity index is 0.000000200. The van der Waals surface area contributed by atoms with E-state index in [9.17, 15) is 32.8 Å². The number of piperazine rings is 2. The second kappa shape index (κ2) is 31.8. The first-order valence-electron chi connectivity index (χ1n) is 24.8. The Morgan fingerprint density at radius 2 is 1.04 bits per heavy atom. The molecule has 20 heteroatoms. The largest absolute Gasteiger partial charge is 0.494 e. The van der Waals surface area contributed by atoms with E-state index in [0.717, 1.165) is 88.7 Å². The van der Waals surface area contributed by atoms with Crippen LogP contribution in [0, 0.1) is 11.6 Å². The summed E-state index contributed by atoms with van der Waals surface area (Å²) in [6, 6.07) is 23.6. The predicted molar refractivity (Wildman–Crippen MR) is 283 cm³/mol. The molecule has 0 atom stereocenters. The highest BCUT2D eigenvalue weighted by molar-refractivity contribution is 6.34. The second-order valence-corrected chi connectivity index (χ2v) is 18.1. The zero-order chi connectivity index (χ0) is 54.0. The molecule has 2 aromatic heterocycles. The molecule has 4 aromatic carbocycles. The molecule has 0 spiro atoms. The van der Waals surface area contributed by atoms with E-state index < -0.39 is 17.6 Å². The van der Waals surface area contributed by atoms with Gasteiger partial charge < -0.3 is 24.8 Å². The number of Topliss-reactive ketones (excluding diaryl/α,β-unsaturated/α-hetero) is 2. The number of ether oxygens (including phenoxy) is 2. The monoisotopic (exact) mass is 1070 g/mol. The number of imidazole rings is 2. The zero-order valence-electron chi connectivity index (χ0n) is 42.2. The number of benzene rings is 4. The van der Waals surface area contributed by atoms with Gasteiger partial charge in [-0.15, -0.1) is 0 Å². The normalized spacial score (nSPS) is 13.4. The molecular formula is C55H64Cl2F2N8O8. The number of ketones is 2. The Hall–Kier alpha value is -6.83. The first kappa shape index (κ1) is 59.1. The fourth-order valence-electron chi connectivity index (χ4n) is 7.79. The Kier molecular flexibility index (Phi) is 25.0. The molecule has 75 heavy (non-hydrogen) atoms. The van der Waals surface area contributed by atoms with Crippen molar-refractivity contribution in [2.24, 2.45) is 0 Å². The first-order valence-corrected chi connectivity index (χ1v) is 25.5. The summed E-state index contributed by atoms with van der Waals surface area (Å²) in [6.07, 6.45) is 10.4. The predicted octanol–water partition coefficient (Wildman–Crippen LogP) is 9.58. The van der Waals surface area contributed by atoms with Crippen LogP contribution in [0.4, 0.5) is 13.6 Å². The second-order valence-electron chi connectivity index (χ2n) is 17.3. The van der Waals surface area contributed by atoms with E-state index in [0.29, 0.717) is 38.1 Å². The van der Waals surface area contributed by atoms with E-state index in [1.807, 2.05) is 30.9 Å². The highest BCUT2D eigenvalue weighted by atomic mass is 35.5. The van der Waals surface area contributed by atoms with Gasteiger partial charge in [-0.25, -0.2) is 23.5 Å². The summed E-state index contributed by atoms with van der Waals surface area (Å²) >= 11 is 11.6. The van der Waals surface area contributed by atoms with Crippen molar-refractivity contribution in [3.63, 3.8) is 0 Å². The minimum atomic E-state index is -0.946. The van der Waals surface area contributed by atoms with Crippen LogP contribution in [0.3, 0.4) is 0 Å². The summed E-state index contributed by atoms with van der Waals surface area (Å²) in [5.74, 6) is -0.458. The lowest BCUT2D eigenvalue weighted by molar-refractivity contribution is -0.137. The summed E-state index contributed by atoms with van der Waals surface area (Å²) in [6.45, 7) is 14.8. The Morgan fingerprint density at radius 1 is 0.600 bits per heavy atom.